The summed E-state index contributed by atoms with van der Waals surface area (Å²) in [4.78, 5) is 21.1. The molecule has 0 aromatic carbocycles. The van der Waals surface area contributed by atoms with Crippen LogP contribution in [0.1, 0.15) is 22.3 Å². The van der Waals surface area contributed by atoms with Gasteiger partial charge in [0, 0.05) is 17.3 Å². The zero-order chi connectivity index (χ0) is 13.7. The highest BCUT2D eigenvalue weighted by Crippen LogP contribution is 2.11. The molecule has 0 aliphatic carbocycles. The van der Waals surface area contributed by atoms with Crippen molar-refractivity contribution in [3.8, 4) is 0 Å². The van der Waals surface area contributed by atoms with Gasteiger partial charge in [-0.3, -0.25) is 4.79 Å². The standard InChI is InChI=1S/C12H15N5OS/c1-8(5-9-3-2-4-19-9)16-12(18)10-6-15-11(17-13)7-14-10/h2-4,6-8H,5,13H2,1H3,(H,15,17)(H,16,18). The van der Waals surface area contributed by atoms with E-state index < -0.39 is 0 Å². The third-order valence-corrected chi connectivity index (χ3v) is 3.40. The molecule has 100 valence electrons. The van der Waals surface area contributed by atoms with Crippen molar-refractivity contribution < 1.29 is 4.79 Å². The minimum atomic E-state index is -0.236. The van der Waals surface area contributed by atoms with Gasteiger partial charge in [0.25, 0.3) is 5.91 Å². The molecule has 0 saturated heterocycles. The average molecular weight is 277 g/mol. The summed E-state index contributed by atoms with van der Waals surface area (Å²) < 4.78 is 0. The maximum absolute atomic E-state index is 11.9. The third kappa shape index (κ3) is 3.73. The van der Waals surface area contributed by atoms with E-state index >= 15 is 0 Å². The minimum absolute atomic E-state index is 0.0419. The lowest BCUT2D eigenvalue weighted by atomic mass is 10.2. The number of hydrogen-bond acceptors (Lipinski definition) is 6. The first-order valence-corrected chi connectivity index (χ1v) is 6.69. The molecule has 6 nitrogen and oxygen atoms in total. The van der Waals surface area contributed by atoms with Gasteiger partial charge in [-0.1, -0.05) is 6.07 Å². The Bertz CT molecular complexity index is 526. The van der Waals surface area contributed by atoms with Crippen molar-refractivity contribution in [3.63, 3.8) is 0 Å². The number of nitrogen functional groups attached to an aromatic ring is 1. The van der Waals surface area contributed by atoms with Crippen molar-refractivity contribution >= 4 is 23.1 Å². The van der Waals surface area contributed by atoms with Gasteiger partial charge in [-0.15, -0.1) is 11.3 Å². The van der Waals surface area contributed by atoms with Crippen molar-refractivity contribution in [2.75, 3.05) is 5.43 Å². The lowest BCUT2D eigenvalue weighted by Gasteiger charge is -2.12. The van der Waals surface area contributed by atoms with Crippen LogP contribution in [0.25, 0.3) is 0 Å². The number of carbonyl (C=O) groups excluding carboxylic acids is 1. The van der Waals surface area contributed by atoms with Gasteiger partial charge in [0.15, 0.2) is 5.82 Å². The van der Waals surface area contributed by atoms with Gasteiger partial charge in [0.05, 0.1) is 12.4 Å². The zero-order valence-electron chi connectivity index (χ0n) is 10.5. The van der Waals surface area contributed by atoms with Crippen LogP contribution in [0.4, 0.5) is 5.82 Å². The van der Waals surface area contributed by atoms with E-state index in [2.05, 4.69) is 26.8 Å². The molecule has 0 aliphatic rings. The summed E-state index contributed by atoms with van der Waals surface area (Å²) in [7, 11) is 0. The van der Waals surface area contributed by atoms with Crippen LogP contribution in [0.3, 0.4) is 0 Å². The Kier molecular flexibility index (Phi) is 4.43. The Labute approximate surface area is 115 Å². The van der Waals surface area contributed by atoms with Crippen molar-refractivity contribution in [2.24, 2.45) is 5.84 Å². The monoisotopic (exact) mass is 277 g/mol. The summed E-state index contributed by atoms with van der Waals surface area (Å²) in [6, 6.07) is 4.09. The maximum atomic E-state index is 11.9. The number of amides is 1. The second-order valence-electron chi connectivity index (χ2n) is 4.09. The Hall–Kier alpha value is -1.99. The molecule has 0 bridgehead atoms. The summed E-state index contributed by atoms with van der Waals surface area (Å²) in [6.07, 6.45) is 3.61. The number of aromatic nitrogens is 2. The summed E-state index contributed by atoms with van der Waals surface area (Å²) in [6.45, 7) is 1.96. The van der Waals surface area contributed by atoms with Crippen molar-refractivity contribution in [1.29, 1.82) is 0 Å². The molecule has 0 spiro atoms. The first-order chi connectivity index (χ1) is 9.19. The summed E-state index contributed by atoms with van der Waals surface area (Å²) in [5.41, 5.74) is 2.63. The zero-order valence-corrected chi connectivity index (χ0v) is 11.3. The molecule has 1 unspecified atom stereocenters. The van der Waals surface area contributed by atoms with Crippen LogP contribution in [0, 0.1) is 0 Å². The first-order valence-electron chi connectivity index (χ1n) is 5.81. The fraction of sp³-hybridized carbons (Fsp3) is 0.250. The van der Waals surface area contributed by atoms with Gasteiger partial charge in [-0.2, -0.15) is 0 Å². The Morgan fingerprint density at radius 3 is 2.89 bits per heavy atom. The number of hydrazine groups is 1. The number of nitrogens with zero attached hydrogens (tertiary/aromatic N) is 2. The van der Waals surface area contributed by atoms with Crippen LogP contribution in [0.2, 0.25) is 0 Å². The lowest BCUT2D eigenvalue weighted by molar-refractivity contribution is 0.0935. The van der Waals surface area contributed by atoms with E-state index in [1.165, 1.54) is 17.3 Å². The quantitative estimate of drug-likeness (QED) is 0.564. The van der Waals surface area contributed by atoms with Gasteiger partial charge in [-0.05, 0) is 18.4 Å². The molecule has 1 atom stereocenters. The minimum Gasteiger partial charge on any atom is -0.348 e. The van der Waals surface area contributed by atoms with Crippen molar-refractivity contribution in [1.82, 2.24) is 15.3 Å². The molecule has 2 aromatic heterocycles. The second kappa shape index (κ2) is 6.26. The number of carbonyl (C=O) groups is 1. The Balaban J connectivity index is 1.92. The van der Waals surface area contributed by atoms with Gasteiger partial charge >= 0.3 is 0 Å². The number of rotatable bonds is 5. The molecular formula is C12H15N5OS. The first kappa shape index (κ1) is 13.4. The third-order valence-electron chi connectivity index (χ3n) is 2.50. The molecule has 4 N–H and O–H groups in total. The molecule has 0 fully saturated rings. The van der Waals surface area contributed by atoms with Crippen LogP contribution in [-0.4, -0.2) is 21.9 Å². The van der Waals surface area contributed by atoms with E-state index in [0.29, 0.717) is 5.82 Å². The molecule has 19 heavy (non-hydrogen) atoms. The number of nitrogens with two attached hydrogens (primary N) is 1. The van der Waals surface area contributed by atoms with Gasteiger partial charge in [0.2, 0.25) is 0 Å². The number of hydrogen-bond donors (Lipinski definition) is 3. The maximum Gasteiger partial charge on any atom is 0.271 e. The normalized spacial score (nSPS) is 11.9. The average Bonchev–Trinajstić information content (AvgIpc) is 2.91. The van der Waals surface area contributed by atoms with Crippen LogP contribution in [0.5, 0.6) is 0 Å². The summed E-state index contributed by atoms with van der Waals surface area (Å²) >= 11 is 1.68. The molecular weight excluding hydrogens is 262 g/mol. The Morgan fingerprint density at radius 1 is 1.47 bits per heavy atom. The van der Waals surface area contributed by atoms with Gasteiger partial charge in [-0.25, -0.2) is 15.8 Å². The predicted molar refractivity (Wildman–Crippen MR) is 74.8 cm³/mol. The van der Waals surface area contributed by atoms with E-state index in [1.807, 2.05) is 18.4 Å². The van der Waals surface area contributed by atoms with E-state index in [0.717, 1.165) is 6.42 Å². The second-order valence-corrected chi connectivity index (χ2v) is 5.12. The molecule has 0 saturated carbocycles. The molecule has 0 aliphatic heterocycles. The van der Waals surface area contributed by atoms with Crippen LogP contribution >= 0.6 is 11.3 Å². The van der Waals surface area contributed by atoms with E-state index in [9.17, 15) is 4.79 Å². The van der Waals surface area contributed by atoms with Crippen LogP contribution in [0.15, 0.2) is 29.9 Å². The Morgan fingerprint density at radius 2 is 2.32 bits per heavy atom. The van der Waals surface area contributed by atoms with Gasteiger partial charge < -0.3 is 10.7 Å². The number of nitrogens with one attached hydrogen (secondary N) is 2. The highest BCUT2D eigenvalue weighted by atomic mass is 32.1. The van der Waals surface area contributed by atoms with E-state index in [-0.39, 0.29) is 17.6 Å². The molecule has 2 rings (SSSR count). The van der Waals surface area contributed by atoms with E-state index in [4.69, 9.17) is 5.84 Å². The van der Waals surface area contributed by atoms with E-state index in [1.54, 1.807) is 11.3 Å². The fourth-order valence-corrected chi connectivity index (χ4v) is 2.43. The van der Waals surface area contributed by atoms with Crippen LogP contribution < -0.4 is 16.6 Å². The molecule has 2 heterocycles. The SMILES string of the molecule is CC(Cc1cccs1)NC(=O)c1cnc(NN)cn1. The largest absolute Gasteiger partial charge is 0.348 e. The molecule has 0 radical (unpaired) electrons. The molecule has 2 aromatic rings. The van der Waals surface area contributed by atoms with Gasteiger partial charge in [0.1, 0.15) is 5.69 Å². The predicted octanol–water partition coefficient (Wildman–Crippen LogP) is 1.18. The summed E-state index contributed by atoms with van der Waals surface area (Å²) in [5.74, 6) is 5.36. The molecule has 7 heteroatoms. The topological polar surface area (TPSA) is 92.9 Å². The van der Waals surface area contributed by atoms with Crippen LogP contribution in [-0.2, 0) is 6.42 Å². The lowest BCUT2D eigenvalue weighted by Crippen LogP contribution is -2.34. The number of thiophene rings is 1. The highest BCUT2D eigenvalue weighted by Gasteiger charge is 2.12. The fourth-order valence-electron chi connectivity index (χ4n) is 1.60. The smallest absolute Gasteiger partial charge is 0.271 e. The highest BCUT2D eigenvalue weighted by molar-refractivity contribution is 7.09. The summed E-state index contributed by atoms with van der Waals surface area (Å²) in [5, 5.41) is 4.91. The van der Waals surface area contributed by atoms with Crippen molar-refractivity contribution in [3.05, 3.63) is 40.5 Å². The number of anilines is 1. The molecule has 1 amide bonds. The van der Waals surface area contributed by atoms with Crippen molar-refractivity contribution in [2.45, 2.75) is 19.4 Å².